The van der Waals surface area contributed by atoms with Crippen LogP contribution in [-0.2, 0) is 20.0 Å². The van der Waals surface area contributed by atoms with Gasteiger partial charge in [0.1, 0.15) is 0 Å². The van der Waals surface area contributed by atoms with Crippen LogP contribution in [0.1, 0.15) is 34.5 Å². The van der Waals surface area contributed by atoms with Gasteiger partial charge < -0.3 is 4.57 Å². The molecular weight excluding hydrogens is 386 g/mol. The van der Waals surface area contributed by atoms with Crippen LogP contribution in [0, 0.1) is 0 Å². The minimum absolute atomic E-state index is 0.0692. The zero-order chi connectivity index (χ0) is 21.2. The van der Waals surface area contributed by atoms with Crippen molar-refractivity contribution in [3.63, 3.8) is 0 Å². The molecule has 1 aliphatic heterocycles. The Morgan fingerprint density at radius 2 is 1.90 bits per heavy atom. The van der Waals surface area contributed by atoms with E-state index in [2.05, 4.69) is 32.2 Å². The fourth-order valence-corrected chi connectivity index (χ4v) is 4.28. The Kier molecular flexibility index (Phi) is 5.30. The van der Waals surface area contributed by atoms with Gasteiger partial charge >= 0.3 is 0 Å². The van der Waals surface area contributed by atoms with E-state index < -0.39 is 0 Å². The topological polar surface area (TPSA) is 63.9 Å². The number of likely N-dealkylation sites (tertiary alicyclic amines) is 1. The first kappa shape index (κ1) is 19.6. The first-order valence-electron chi connectivity index (χ1n) is 10.7. The van der Waals surface area contributed by atoms with Crippen LogP contribution in [0.3, 0.4) is 0 Å². The Bertz CT molecular complexity index is 1240. The lowest BCUT2D eigenvalue weighted by Crippen LogP contribution is -2.18. The zero-order valence-electron chi connectivity index (χ0n) is 17.7. The summed E-state index contributed by atoms with van der Waals surface area (Å²) in [4.78, 5) is 19.6. The standard InChI is InChI=1S/C25H25N5O/c1-29-17-26-15-24(29)19-7-8-23-21(12-19)13-22(27-28-23)14-25(31)20-6-4-5-18(11-20)16-30-9-2-3-10-30/h4-8,11-13,15,17H,2-3,9-10,14,16H2,1H3. The number of nitrogens with zero attached hydrogens (tertiary/aromatic N) is 5. The normalized spacial score (nSPS) is 14.4. The first-order chi connectivity index (χ1) is 15.2. The number of fused-ring (bicyclic) bond motifs is 1. The molecule has 0 unspecified atom stereocenters. The molecular formula is C25H25N5O. The molecule has 6 heteroatoms. The van der Waals surface area contributed by atoms with E-state index >= 15 is 0 Å². The molecule has 31 heavy (non-hydrogen) atoms. The number of carbonyl (C=O) groups excluding carboxylic acids is 1. The molecule has 0 saturated carbocycles. The number of rotatable bonds is 6. The summed E-state index contributed by atoms with van der Waals surface area (Å²) in [5, 5.41) is 9.59. The van der Waals surface area contributed by atoms with E-state index in [9.17, 15) is 4.79 Å². The summed E-state index contributed by atoms with van der Waals surface area (Å²) >= 11 is 0. The predicted molar refractivity (Wildman–Crippen MR) is 121 cm³/mol. The van der Waals surface area contributed by atoms with Crippen LogP contribution in [0.15, 0.2) is 61.1 Å². The van der Waals surface area contributed by atoms with Gasteiger partial charge in [-0.05, 0) is 55.8 Å². The lowest BCUT2D eigenvalue weighted by atomic mass is 10.0. The molecule has 0 spiro atoms. The molecule has 6 nitrogen and oxygen atoms in total. The zero-order valence-corrected chi connectivity index (χ0v) is 17.7. The van der Waals surface area contributed by atoms with E-state index in [-0.39, 0.29) is 12.2 Å². The van der Waals surface area contributed by atoms with Crippen LogP contribution >= 0.6 is 0 Å². The fraction of sp³-hybridized carbons (Fsp3) is 0.280. The average Bonchev–Trinajstić information content (AvgIpc) is 3.45. The van der Waals surface area contributed by atoms with Gasteiger partial charge in [-0.25, -0.2) is 4.98 Å². The van der Waals surface area contributed by atoms with Gasteiger partial charge in [0.2, 0.25) is 0 Å². The maximum Gasteiger partial charge on any atom is 0.168 e. The van der Waals surface area contributed by atoms with Gasteiger partial charge in [-0.2, -0.15) is 10.2 Å². The molecule has 0 radical (unpaired) electrons. The van der Waals surface area contributed by atoms with Gasteiger partial charge in [-0.15, -0.1) is 0 Å². The molecule has 0 aliphatic carbocycles. The number of ketones is 1. The molecule has 2 aromatic heterocycles. The van der Waals surface area contributed by atoms with Crippen molar-refractivity contribution in [3.05, 3.63) is 77.9 Å². The number of carbonyl (C=O) groups is 1. The van der Waals surface area contributed by atoms with Crippen LogP contribution in [0.5, 0.6) is 0 Å². The number of hydrogen-bond acceptors (Lipinski definition) is 5. The van der Waals surface area contributed by atoms with Crippen molar-refractivity contribution in [2.45, 2.75) is 25.8 Å². The van der Waals surface area contributed by atoms with Crippen molar-refractivity contribution in [2.75, 3.05) is 13.1 Å². The lowest BCUT2D eigenvalue weighted by molar-refractivity contribution is 0.0991. The van der Waals surface area contributed by atoms with Gasteiger partial charge in [0, 0.05) is 30.1 Å². The Morgan fingerprint density at radius 1 is 1.03 bits per heavy atom. The van der Waals surface area contributed by atoms with Crippen molar-refractivity contribution in [2.24, 2.45) is 7.05 Å². The van der Waals surface area contributed by atoms with E-state index in [0.29, 0.717) is 5.69 Å². The van der Waals surface area contributed by atoms with Gasteiger partial charge in [0.05, 0.1) is 35.8 Å². The van der Waals surface area contributed by atoms with Crippen molar-refractivity contribution in [1.82, 2.24) is 24.6 Å². The van der Waals surface area contributed by atoms with Crippen LogP contribution in [0.4, 0.5) is 0 Å². The Balaban J connectivity index is 1.36. The summed E-state index contributed by atoms with van der Waals surface area (Å²) in [7, 11) is 1.97. The van der Waals surface area contributed by atoms with Gasteiger partial charge in [0.25, 0.3) is 0 Å². The maximum atomic E-state index is 12.9. The summed E-state index contributed by atoms with van der Waals surface area (Å²) in [6, 6.07) is 16.0. The number of imidazole rings is 1. The smallest absolute Gasteiger partial charge is 0.168 e. The van der Waals surface area contributed by atoms with Crippen LogP contribution in [-0.4, -0.2) is 43.5 Å². The molecule has 0 N–H and O–H groups in total. The molecule has 0 amide bonds. The number of aromatic nitrogens is 4. The van der Waals surface area contributed by atoms with E-state index in [0.717, 1.165) is 47.4 Å². The largest absolute Gasteiger partial charge is 0.334 e. The summed E-state index contributed by atoms with van der Waals surface area (Å²) in [6.45, 7) is 3.20. The van der Waals surface area contributed by atoms with E-state index in [1.54, 1.807) is 6.33 Å². The number of aryl methyl sites for hydroxylation is 1. The highest BCUT2D eigenvalue weighted by atomic mass is 16.1. The monoisotopic (exact) mass is 411 g/mol. The van der Waals surface area contributed by atoms with E-state index in [4.69, 9.17) is 0 Å². The summed E-state index contributed by atoms with van der Waals surface area (Å²) in [5.74, 6) is 0.0692. The molecule has 1 saturated heterocycles. The minimum Gasteiger partial charge on any atom is -0.334 e. The van der Waals surface area contributed by atoms with E-state index in [1.165, 1.54) is 18.4 Å². The first-order valence-corrected chi connectivity index (χ1v) is 10.7. The number of hydrogen-bond donors (Lipinski definition) is 0. The quantitative estimate of drug-likeness (QED) is 0.448. The Labute approximate surface area is 181 Å². The molecule has 2 aromatic carbocycles. The molecule has 5 rings (SSSR count). The van der Waals surface area contributed by atoms with E-state index in [1.807, 2.05) is 54.2 Å². The van der Waals surface area contributed by atoms with Crippen molar-refractivity contribution >= 4 is 16.7 Å². The number of benzene rings is 2. The second-order valence-corrected chi connectivity index (χ2v) is 8.28. The summed E-state index contributed by atoms with van der Waals surface area (Å²) < 4.78 is 1.98. The third kappa shape index (κ3) is 4.25. The predicted octanol–water partition coefficient (Wildman–Crippen LogP) is 4.05. The maximum absolute atomic E-state index is 12.9. The fourth-order valence-electron chi connectivity index (χ4n) is 4.28. The summed E-state index contributed by atoms with van der Waals surface area (Å²) in [5.41, 5.74) is 5.53. The summed E-state index contributed by atoms with van der Waals surface area (Å²) in [6.07, 6.45) is 6.40. The van der Waals surface area contributed by atoms with Gasteiger partial charge in [-0.3, -0.25) is 9.69 Å². The highest BCUT2D eigenvalue weighted by molar-refractivity contribution is 5.97. The minimum atomic E-state index is 0.0692. The Hall–Kier alpha value is -3.38. The van der Waals surface area contributed by atoms with Crippen molar-refractivity contribution in [3.8, 4) is 11.3 Å². The van der Waals surface area contributed by atoms with Crippen LogP contribution in [0.2, 0.25) is 0 Å². The van der Waals surface area contributed by atoms with Crippen LogP contribution < -0.4 is 0 Å². The molecule has 4 aromatic rings. The van der Waals surface area contributed by atoms with Crippen molar-refractivity contribution < 1.29 is 4.79 Å². The molecule has 156 valence electrons. The number of Topliss-reactive ketones (excluding diaryl/α,β-unsaturated/α-hetero) is 1. The highest BCUT2D eigenvalue weighted by Crippen LogP contribution is 2.23. The van der Waals surface area contributed by atoms with Gasteiger partial charge in [-0.1, -0.05) is 24.3 Å². The third-order valence-corrected chi connectivity index (χ3v) is 5.94. The SMILES string of the molecule is Cn1cncc1-c1ccc2nnc(CC(=O)c3cccc(CN4CCCC4)c3)cc2c1. The second kappa shape index (κ2) is 8.40. The van der Waals surface area contributed by atoms with Crippen molar-refractivity contribution in [1.29, 1.82) is 0 Å². The molecule has 0 bridgehead atoms. The molecule has 0 atom stereocenters. The molecule has 3 heterocycles. The third-order valence-electron chi connectivity index (χ3n) is 5.94. The van der Waals surface area contributed by atoms with Crippen LogP contribution in [0.25, 0.3) is 22.2 Å². The molecule has 1 fully saturated rings. The lowest BCUT2D eigenvalue weighted by Gasteiger charge is -2.15. The average molecular weight is 412 g/mol. The second-order valence-electron chi connectivity index (χ2n) is 8.28. The molecule has 1 aliphatic rings. The highest BCUT2D eigenvalue weighted by Gasteiger charge is 2.14. The van der Waals surface area contributed by atoms with Gasteiger partial charge in [0.15, 0.2) is 5.78 Å². The Morgan fingerprint density at radius 3 is 2.71 bits per heavy atom.